The summed E-state index contributed by atoms with van der Waals surface area (Å²) in [7, 11) is 1.88. The molecule has 0 saturated carbocycles. The van der Waals surface area contributed by atoms with Crippen LogP contribution in [-0.2, 0) is 18.3 Å². The van der Waals surface area contributed by atoms with Crippen molar-refractivity contribution >= 4 is 0 Å². The van der Waals surface area contributed by atoms with Gasteiger partial charge in [0, 0.05) is 26.3 Å². The molecule has 0 saturated heterocycles. The number of nitrogens with one attached hydrogen (secondary N) is 1. The van der Waals surface area contributed by atoms with Gasteiger partial charge in [-0.3, -0.25) is 0 Å². The number of aryl methyl sites for hydroxylation is 1. The molecule has 1 N–H and O–H groups in total. The van der Waals surface area contributed by atoms with Crippen molar-refractivity contribution in [2.24, 2.45) is 7.05 Å². The lowest BCUT2D eigenvalue weighted by molar-refractivity contribution is 0.0807. The third-order valence-corrected chi connectivity index (χ3v) is 2.24. The summed E-state index contributed by atoms with van der Waals surface area (Å²) in [5.74, 6) is 0. The second-order valence-electron chi connectivity index (χ2n) is 4.05. The highest BCUT2D eigenvalue weighted by atomic mass is 16.5. The average Bonchev–Trinajstić information content (AvgIpc) is 2.58. The largest absolute Gasteiger partial charge is 0.377 e. The Morgan fingerprint density at radius 3 is 2.88 bits per heavy atom. The van der Waals surface area contributed by atoms with Gasteiger partial charge < -0.3 is 14.6 Å². The number of nitriles is 1. The van der Waals surface area contributed by atoms with Gasteiger partial charge in [0.05, 0.1) is 12.7 Å². The van der Waals surface area contributed by atoms with E-state index in [1.165, 1.54) is 0 Å². The Labute approximate surface area is 96.8 Å². The van der Waals surface area contributed by atoms with Gasteiger partial charge in [0.15, 0.2) is 0 Å². The Hall–Kier alpha value is -1.31. The normalized spacial score (nSPS) is 10.7. The lowest BCUT2D eigenvalue weighted by Crippen LogP contribution is -2.20. The predicted molar refractivity (Wildman–Crippen MR) is 62.9 cm³/mol. The Kier molecular flexibility index (Phi) is 5.03. The highest BCUT2D eigenvalue weighted by Crippen LogP contribution is 2.05. The van der Waals surface area contributed by atoms with Crippen molar-refractivity contribution in [3.05, 3.63) is 23.5 Å². The van der Waals surface area contributed by atoms with Crippen molar-refractivity contribution in [3.63, 3.8) is 0 Å². The third kappa shape index (κ3) is 4.05. The van der Waals surface area contributed by atoms with E-state index < -0.39 is 0 Å². The predicted octanol–water partition coefficient (Wildman–Crippen LogP) is 1.41. The first-order chi connectivity index (χ1) is 7.63. The smallest absolute Gasteiger partial charge is 0.120 e. The van der Waals surface area contributed by atoms with E-state index in [1.807, 2.05) is 37.7 Å². The first-order valence-electron chi connectivity index (χ1n) is 5.51. The zero-order chi connectivity index (χ0) is 12.0. The summed E-state index contributed by atoms with van der Waals surface area (Å²) in [5, 5.41) is 12.1. The lowest BCUT2D eigenvalue weighted by Gasteiger charge is -2.07. The minimum Gasteiger partial charge on any atom is -0.377 e. The number of aromatic nitrogens is 1. The number of rotatable bonds is 6. The van der Waals surface area contributed by atoms with Crippen LogP contribution in [0.2, 0.25) is 0 Å². The monoisotopic (exact) mass is 221 g/mol. The Balaban J connectivity index is 2.25. The second-order valence-corrected chi connectivity index (χ2v) is 4.05. The molecule has 0 bridgehead atoms. The molecular weight excluding hydrogens is 202 g/mol. The molecule has 16 heavy (non-hydrogen) atoms. The minimum atomic E-state index is 0.281. The van der Waals surface area contributed by atoms with Gasteiger partial charge in [-0.25, -0.2) is 0 Å². The van der Waals surface area contributed by atoms with Gasteiger partial charge in [-0.1, -0.05) is 0 Å². The van der Waals surface area contributed by atoms with E-state index in [9.17, 15) is 0 Å². The molecule has 0 aliphatic carbocycles. The van der Waals surface area contributed by atoms with Crippen molar-refractivity contribution in [3.8, 4) is 6.07 Å². The molecule has 1 heterocycles. The molecule has 1 rings (SSSR count). The van der Waals surface area contributed by atoms with Gasteiger partial charge in [-0.2, -0.15) is 5.26 Å². The topological polar surface area (TPSA) is 50.0 Å². The molecule has 0 aliphatic heterocycles. The van der Waals surface area contributed by atoms with E-state index in [4.69, 9.17) is 10.00 Å². The number of hydrogen-bond donors (Lipinski definition) is 1. The van der Waals surface area contributed by atoms with Crippen molar-refractivity contribution in [2.75, 3.05) is 13.2 Å². The molecule has 0 fully saturated rings. The standard InChI is InChI=1S/C12H19N3O/c1-10(2)16-5-4-14-8-11-6-12(7-13)15(3)9-11/h6,9-10,14H,4-5,8H2,1-3H3. The Morgan fingerprint density at radius 1 is 1.56 bits per heavy atom. The maximum absolute atomic E-state index is 8.79. The molecule has 0 unspecified atom stereocenters. The van der Waals surface area contributed by atoms with Crippen LogP contribution in [0, 0.1) is 11.3 Å². The van der Waals surface area contributed by atoms with Crippen molar-refractivity contribution in [2.45, 2.75) is 26.5 Å². The molecule has 0 spiro atoms. The van der Waals surface area contributed by atoms with Gasteiger partial charge >= 0.3 is 0 Å². The highest BCUT2D eigenvalue weighted by Gasteiger charge is 2.01. The molecule has 4 nitrogen and oxygen atoms in total. The molecule has 0 radical (unpaired) electrons. The average molecular weight is 221 g/mol. The fourth-order valence-electron chi connectivity index (χ4n) is 1.44. The van der Waals surface area contributed by atoms with E-state index in [-0.39, 0.29) is 6.10 Å². The molecule has 0 aliphatic rings. The summed E-state index contributed by atoms with van der Waals surface area (Å²) >= 11 is 0. The summed E-state index contributed by atoms with van der Waals surface area (Å²) in [6.07, 6.45) is 2.25. The van der Waals surface area contributed by atoms with Gasteiger partial charge in [0.25, 0.3) is 0 Å². The SMILES string of the molecule is CC(C)OCCNCc1cc(C#N)n(C)c1. The fourth-order valence-corrected chi connectivity index (χ4v) is 1.44. The van der Waals surface area contributed by atoms with E-state index in [0.29, 0.717) is 5.69 Å². The minimum absolute atomic E-state index is 0.281. The van der Waals surface area contributed by atoms with Crippen LogP contribution in [-0.4, -0.2) is 23.8 Å². The summed E-state index contributed by atoms with van der Waals surface area (Å²) in [6, 6.07) is 4.04. The fraction of sp³-hybridized carbons (Fsp3) is 0.583. The summed E-state index contributed by atoms with van der Waals surface area (Å²) in [6.45, 7) is 6.37. The summed E-state index contributed by atoms with van der Waals surface area (Å²) in [4.78, 5) is 0. The maximum Gasteiger partial charge on any atom is 0.120 e. The maximum atomic E-state index is 8.79. The van der Waals surface area contributed by atoms with Gasteiger partial charge in [0.2, 0.25) is 0 Å². The molecule has 1 aromatic heterocycles. The van der Waals surface area contributed by atoms with Crippen LogP contribution < -0.4 is 5.32 Å². The lowest BCUT2D eigenvalue weighted by atomic mass is 10.3. The second kappa shape index (κ2) is 6.31. The van der Waals surface area contributed by atoms with Crippen LogP contribution in [0.1, 0.15) is 25.1 Å². The van der Waals surface area contributed by atoms with Crippen LogP contribution >= 0.6 is 0 Å². The van der Waals surface area contributed by atoms with E-state index >= 15 is 0 Å². The Bertz CT molecular complexity index is 363. The molecule has 4 heteroatoms. The van der Waals surface area contributed by atoms with Crippen LogP contribution in [0.5, 0.6) is 0 Å². The summed E-state index contributed by atoms with van der Waals surface area (Å²) < 4.78 is 7.24. The number of hydrogen-bond acceptors (Lipinski definition) is 3. The summed E-state index contributed by atoms with van der Waals surface area (Å²) in [5.41, 5.74) is 1.82. The van der Waals surface area contributed by atoms with Crippen LogP contribution in [0.4, 0.5) is 0 Å². The quantitative estimate of drug-likeness (QED) is 0.739. The van der Waals surface area contributed by atoms with Crippen LogP contribution in [0.25, 0.3) is 0 Å². The van der Waals surface area contributed by atoms with Gasteiger partial charge in [-0.15, -0.1) is 0 Å². The van der Waals surface area contributed by atoms with E-state index in [1.54, 1.807) is 0 Å². The Morgan fingerprint density at radius 2 is 2.31 bits per heavy atom. The molecule has 0 amide bonds. The zero-order valence-corrected chi connectivity index (χ0v) is 10.2. The molecular formula is C12H19N3O. The van der Waals surface area contributed by atoms with E-state index in [2.05, 4.69) is 11.4 Å². The number of nitrogens with zero attached hydrogens (tertiary/aromatic N) is 2. The zero-order valence-electron chi connectivity index (χ0n) is 10.2. The first-order valence-corrected chi connectivity index (χ1v) is 5.51. The van der Waals surface area contributed by atoms with Crippen LogP contribution in [0.3, 0.4) is 0 Å². The van der Waals surface area contributed by atoms with Crippen molar-refractivity contribution in [1.82, 2.24) is 9.88 Å². The first kappa shape index (κ1) is 12.8. The molecule has 88 valence electrons. The van der Waals surface area contributed by atoms with Crippen molar-refractivity contribution < 1.29 is 4.74 Å². The van der Waals surface area contributed by atoms with Gasteiger partial charge in [0.1, 0.15) is 11.8 Å². The number of ether oxygens (including phenoxy) is 1. The molecule has 0 aromatic carbocycles. The molecule has 1 aromatic rings. The molecule has 0 atom stereocenters. The highest BCUT2D eigenvalue weighted by molar-refractivity contribution is 5.28. The third-order valence-electron chi connectivity index (χ3n) is 2.24. The van der Waals surface area contributed by atoms with Gasteiger partial charge in [-0.05, 0) is 25.5 Å². The van der Waals surface area contributed by atoms with Crippen molar-refractivity contribution in [1.29, 1.82) is 5.26 Å². The van der Waals surface area contributed by atoms with Crippen LogP contribution in [0.15, 0.2) is 12.3 Å². The van der Waals surface area contributed by atoms with E-state index in [0.717, 1.165) is 25.3 Å².